The van der Waals surface area contributed by atoms with Gasteiger partial charge in [-0.05, 0) is 41.1 Å². The van der Waals surface area contributed by atoms with Gasteiger partial charge in [-0.15, -0.1) is 0 Å². The van der Waals surface area contributed by atoms with Gasteiger partial charge < -0.3 is 11.1 Å². The Bertz CT molecular complexity index is 355. The number of anilines is 1. The van der Waals surface area contributed by atoms with Gasteiger partial charge in [-0.25, -0.2) is 0 Å². The topological polar surface area (TPSA) is 55.1 Å². The number of halogens is 2. The third-order valence-corrected chi connectivity index (χ3v) is 2.49. The Balaban J connectivity index is 2.82. The average Bonchev–Trinajstić information content (AvgIpc) is 2.09. The van der Waals surface area contributed by atoms with E-state index < -0.39 is 6.04 Å². The third-order valence-electron chi connectivity index (χ3n) is 1.60. The third kappa shape index (κ3) is 2.97. The highest BCUT2D eigenvalue weighted by atomic mass is 79.9. The fourth-order valence-corrected chi connectivity index (χ4v) is 1.62. The number of rotatable bonds is 2. The molecule has 0 aliphatic heterocycles. The molecule has 1 aromatic rings. The van der Waals surface area contributed by atoms with E-state index in [1.54, 1.807) is 25.1 Å². The van der Waals surface area contributed by atoms with Crippen LogP contribution in [-0.2, 0) is 4.79 Å². The van der Waals surface area contributed by atoms with Crippen molar-refractivity contribution in [3.8, 4) is 0 Å². The Morgan fingerprint density at radius 1 is 1.64 bits per heavy atom. The lowest BCUT2D eigenvalue weighted by Gasteiger charge is -2.09. The van der Waals surface area contributed by atoms with Crippen LogP contribution in [0.3, 0.4) is 0 Å². The zero-order chi connectivity index (χ0) is 10.7. The first-order chi connectivity index (χ1) is 6.50. The van der Waals surface area contributed by atoms with E-state index in [1.165, 1.54) is 0 Å². The molecule has 0 aromatic heterocycles. The van der Waals surface area contributed by atoms with Gasteiger partial charge in [0.25, 0.3) is 0 Å². The molecule has 3 nitrogen and oxygen atoms in total. The molecule has 0 fully saturated rings. The van der Waals surface area contributed by atoms with Crippen molar-refractivity contribution >= 4 is 39.1 Å². The fourth-order valence-electron chi connectivity index (χ4n) is 0.837. The Morgan fingerprint density at radius 2 is 2.29 bits per heavy atom. The van der Waals surface area contributed by atoms with Gasteiger partial charge in [0.2, 0.25) is 5.91 Å². The first kappa shape index (κ1) is 11.5. The molecule has 3 N–H and O–H groups in total. The molecule has 1 unspecified atom stereocenters. The standard InChI is InChI=1S/C9H10BrClN2O/c1-5(12)9(14)13-8-3-2-6(11)4-7(8)10/h2-5H,12H2,1H3,(H,13,14). The SMILES string of the molecule is CC(N)C(=O)Nc1ccc(Cl)cc1Br. The summed E-state index contributed by atoms with van der Waals surface area (Å²) in [4.78, 5) is 11.3. The minimum Gasteiger partial charge on any atom is -0.324 e. The predicted molar refractivity (Wildman–Crippen MR) is 61.4 cm³/mol. The van der Waals surface area contributed by atoms with Crippen molar-refractivity contribution in [2.75, 3.05) is 5.32 Å². The van der Waals surface area contributed by atoms with Crippen molar-refractivity contribution in [2.45, 2.75) is 13.0 Å². The van der Waals surface area contributed by atoms with E-state index in [0.29, 0.717) is 10.7 Å². The summed E-state index contributed by atoms with van der Waals surface area (Å²) in [5.41, 5.74) is 6.07. The Morgan fingerprint density at radius 3 is 2.79 bits per heavy atom. The average molecular weight is 278 g/mol. The number of carbonyl (C=O) groups excluding carboxylic acids is 1. The van der Waals surface area contributed by atoms with Gasteiger partial charge >= 0.3 is 0 Å². The van der Waals surface area contributed by atoms with E-state index >= 15 is 0 Å². The summed E-state index contributed by atoms with van der Waals surface area (Å²) in [6.07, 6.45) is 0. The summed E-state index contributed by atoms with van der Waals surface area (Å²) < 4.78 is 0.735. The Kier molecular flexibility index (Phi) is 3.92. The number of benzene rings is 1. The van der Waals surface area contributed by atoms with Crippen LogP contribution in [0.25, 0.3) is 0 Å². The maximum Gasteiger partial charge on any atom is 0.241 e. The molecule has 0 spiro atoms. The summed E-state index contributed by atoms with van der Waals surface area (Å²) in [5, 5.41) is 3.27. The van der Waals surface area contributed by atoms with Crippen LogP contribution >= 0.6 is 27.5 Å². The molecule has 14 heavy (non-hydrogen) atoms. The Labute approximate surface area is 95.7 Å². The van der Waals surface area contributed by atoms with E-state index in [9.17, 15) is 4.79 Å². The quantitative estimate of drug-likeness (QED) is 0.872. The fraction of sp³-hybridized carbons (Fsp3) is 0.222. The number of carbonyl (C=O) groups is 1. The second kappa shape index (κ2) is 4.77. The van der Waals surface area contributed by atoms with E-state index in [4.69, 9.17) is 17.3 Å². The predicted octanol–water partition coefficient (Wildman–Crippen LogP) is 2.39. The van der Waals surface area contributed by atoms with E-state index in [1.807, 2.05) is 0 Å². The van der Waals surface area contributed by atoms with Crippen molar-refractivity contribution in [1.29, 1.82) is 0 Å². The summed E-state index contributed by atoms with van der Waals surface area (Å²) in [6.45, 7) is 1.62. The molecular weight excluding hydrogens is 267 g/mol. The zero-order valence-electron chi connectivity index (χ0n) is 7.55. The lowest BCUT2D eigenvalue weighted by atomic mass is 10.3. The lowest BCUT2D eigenvalue weighted by molar-refractivity contribution is -0.117. The summed E-state index contributed by atoms with van der Waals surface area (Å²) >= 11 is 9.03. The smallest absolute Gasteiger partial charge is 0.241 e. The van der Waals surface area contributed by atoms with Crippen molar-refractivity contribution in [1.82, 2.24) is 0 Å². The lowest BCUT2D eigenvalue weighted by Crippen LogP contribution is -2.32. The maximum absolute atomic E-state index is 11.3. The number of nitrogens with one attached hydrogen (secondary N) is 1. The van der Waals surface area contributed by atoms with Crippen molar-refractivity contribution in [3.05, 3.63) is 27.7 Å². The normalized spacial score (nSPS) is 12.3. The molecule has 0 aliphatic carbocycles. The largest absolute Gasteiger partial charge is 0.324 e. The van der Waals surface area contributed by atoms with Gasteiger partial charge in [0.05, 0.1) is 11.7 Å². The monoisotopic (exact) mass is 276 g/mol. The van der Waals surface area contributed by atoms with Crippen LogP contribution in [0.5, 0.6) is 0 Å². The second-order valence-corrected chi connectivity index (χ2v) is 4.19. The van der Waals surface area contributed by atoms with Crippen LogP contribution in [0.1, 0.15) is 6.92 Å². The molecule has 0 heterocycles. The molecule has 76 valence electrons. The highest BCUT2D eigenvalue weighted by Crippen LogP contribution is 2.25. The van der Waals surface area contributed by atoms with Crippen LogP contribution < -0.4 is 11.1 Å². The maximum atomic E-state index is 11.3. The summed E-state index contributed by atoms with van der Waals surface area (Å²) in [5.74, 6) is -0.229. The summed E-state index contributed by atoms with van der Waals surface area (Å²) in [7, 11) is 0. The molecule has 0 radical (unpaired) electrons. The van der Waals surface area contributed by atoms with Gasteiger partial charge in [-0.2, -0.15) is 0 Å². The first-order valence-electron chi connectivity index (χ1n) is 4.02. The molecular formula is C9H10BrClN2O. The molecule has 0 aliphatic rings. The number of nitrogens with two attached hydrogens (primary N) is 1. The van der Waals surface area contributed by atoms with Gasteiger partial charge in [0.1, 0.15) is 0 Å². The minimum atomic E-state index is -0.530. The van der Waals surface area contributed by atoms with Gasteiger partial charge in [-0.1, -0.05) is 11.6 Å². The zero-order valence-corrected chi connectivity index (χ0v) is 9.89. The van der Waals surface area contributed by atoms with Gasteiger partial charge in [-0.3, -0.25) is 4.79 Å². The number of hydrogen-bond donors (Lipinski definition) is 2. The number of hydrogen-bond acceptors (Lipinski definition) is 2. The van der Waals surface area contributed by atoms with Crippen molar-refractivity contribution in [2.24, 2.45) is 5.73 Å². The van der Waals surface area contributed by atoms with Crippen molar-refractivity contribution < 1.29 is 4.79 Å². The minimum absolute atomic E-state index is 0.229. The highest BCUT2D eigenvalue weighted by molar-refractivity contribution is 9.10. The van der Waals surface area contributed by atoms with Crippen LogP contribution in [0.2, 0.25) is 5.02 Å². The molecule has 1 aromatic carbocycles. The van der Waals surface area contributed by atoms with Crippen LogP contribution in [0, 0.1) is 0 Å². The first-order valence-corrected chi connectivity index (χ1v) is 5.19. The Hall–Kier alpha value is -0.580. The van der Waals surface area contributed by atoms with Crippen LogP contribution in [0.15, 0.2) is 22.7 Å². The second-order valence-electron chi connectivity index (χ2n) is 2.90. The van der Waals surface area contributed by atoms with E-state index in [2.05, 4.69) is 21.2 Å². The highest BCUT2D eigenvalue weighted by Gasteiger charge is 2.09. The van der Waals surface area contributed by atoms with E-state index in [-0.39, 0.29) is 5.91 Å². The van der Waals surface area contributed by atoms with Crippen LogP contribution in [0.4, 0.5) is 5.69 Å². The summed E-state index contributed by atoms with van der Waals surface area (Å²) in [6, 6.07) is 4.59. The van der Waals surface area contributed by atoms with Gasteiger partial charge in [0.15, 0.2) is 0 Å². The molecule has 0 bridgehead atoms. The van der Waals surface area contributed by atoms with Crippen molar-refractivity contribution in [3.63, 3.8) is 0 Å². The van der Waals surface area contributed by atoms with Gasteiger partial charge in [0, 0.05) is 9.50 Å². The molecule has 5 heteroatoms. The molecule has 0 saturated heterocycles. The molecule has 0 saturated carbocycles. The van der Waals surface area contributed by atoms with Crippen LogP contribution in [-0.4, -0.2) is 11.9 Å². The number of amides is 1. The molecule has 1 rings (SSSR count). The molecule has 1 atom stereocenters. The van der Waals surface area contributed by atoms with E-state index in [0.717, 1.165) is 4.47 Å². The molecule has 1 amide bonds.